The molecule has 7 heteroatoms. The first-order valence-corrected chi connectivity index (χ1v) is 7.52. The van der Waals surface area contributed by atoms with Gasteiger partial charge in [0.05, 0.1) is 31.8 Å². The summed E-state index contributed by atoms with van der Waals surface area (Å²) in [6.07, 6.45) is -0.403. The first-order valence-electron chi connectivity index (χ1n) is 7.52. The van der Waals surface area contributed by atoms with E-state index in [1.165, 1.54) is 14.2 Å². The van der Waals surface area contributed by atoms with Crippen LogP contribution >= 0.6 is 0 Å². The summed E-state index contributed by atoms with van der Waals surface area (Å²) in [6.45, 7) is 1.92. The van der Waals surface area contributed by atoms with E-state index in [4.69, 9.17) is 23.7 Å². The predicted molar refractivity (Wildman–Crippen MR) is 68.4 cm³/mol. The van der Waals surface area contributed by atoms with Gasteiger partial charge in [-0.3, -0.25) is 9.59 Å². The van der Waals surface area contributed by atoms with Gasteiger partial charge in [-0.1, -0.05) is 0 Å². The minimum Gasteiger partial charge on any atom is -0.468 e. The number of hydrogen-bond acceptors (Lipinski definition) is 7. The average Bonchev–Trinajstić information content (AvgIpc) is 3.13. The van der Waals surface area contributed by atoms with Crippen LogP contribution in [-0.4, -0.2) is 57.4 Å². The van der Waals surface area contributed by atoms with Crippen LogP contribution in [0.4, 0.5) is 0 Å². The highest BCUT2D eigenvalue weighted by molar-refractivity contribution is 6.06. The summed E-state index contributed by atoms with van der Waals surface area (Å²) in [4.78, 5) is 25.2. The average molecular weight is 310 g/mol. The quantitative estimate of drug-likeness (QED) is 0.672. The zero-order valence-electron chi connectivity index (χ0n) is 12.9. The molecule has 0 aromatic heterocycles. The van der Waals surface area contributed by atoms with Gasteiger partial charge in [0.1, 0.15) is 16.4 Å². The predicted octanol–water partition coefficient (Wildman–Crippen LogP) is -0.133. The van der Waals surface area contributed by atoms with Gasteiger partial charge in [0, 0.05) is 19.4 Å². The van der Waals surface area contributed by atoms with E-state index in [1.54, 1.807) is 7.11 Å². The number of esters is 2. The maximum absolute atomic E-state index is 12.8. The van der Waals surface area contributed by atoms with Crippen molar-refractivity contribution < 1.29 is 33.3 Å². The lowest BCUT2D eigenvalue weighted by Crippen LogP contribution is -2.55. The van der Waals surface area contributed by atoms with Gasteiger partial charge in [0.2, 0.25) is 0 Å². The molecule has 6 fully saturated rings. The van der Waals surface area contributed by atoms with E-state index in [0.29, 0.717) is 6.42 Å². The highest BCUT2D eigenvalue weighted by Gasteiger charge is 3.25. The monoisotopic (exact) mass is 310 g/mol. The van der Waals surface area contributed by atoms with Crippen molar-refractivity contribution in [2.45, 2.75) is 37.4 Å². The Labute approximate surface area is 127 Å². The highest BCUT2D eigenvalue weighted by Crippen LogP contribution is 3.11. The third kappa shape index (κ3) is 0.725. The number of carbonyl (C=O) groups is 2. The van der Waals surface area contributed by atoms with E-state index in [1.807, 2.05) is 6.92 Å². The van der Waals surface area contributed by atoms with Crippen LogP contribution in [0.15, 0.2) is 0 Å². The van der Waals surface area contributed by atoms with Crippen molar-refractivity contribution in [3.8, 4) is 0 Å². The van der Waals surface area contributed by atoms with Crippen molar-refractivity contribution >= 4 is 11.9 Å². The van der Waals surface area contributed by atoms with Crippen LogP contribution in [0.25, 0.3) is 0 Å². The highest BCUT2D eigenvalue weighted by atomic mass is 16.7. The molecule has 0 aromatic rings. The standard InChI is InChI=1S/C15H18O7/c1-6-5-12-14(11(20-4)21-6)7-8(22-12)13(7,9(16)18-2)15(12,14)10(17)19-3/h6-8,11H,5H2,1-4H3. The van der Waals surface area contributed by atoms with E-state index in [2.05, 4.69) is 0 Å². The second-order valence-corrected chi connectivity index (χ2v) is 7.03. The van der Waals surface area contributed by atoms with E-state index in [9.17, 15) is 9.59 Å². The van der Waals surface area contributed by atoms with Gasteiger partial charge < -0.3 is 23.7 Å². The Morgan fingerprint density at radius 1 is 1.14 bits per heavy atom. The van der Waals surface area contributed by atoms with Crippen LogP contribution < -0.4 is 0 Å². The Balaban J connectivity index is 1.73. The molecule has 3 aliphatic carbocycles. The molecule has 0 amide bonds. The molecular formula is C15H18O7. The number of ether oxygens (including phenoxy) is 5. The number of rotatable bonds is 3. The molecular weight excluding hydrogens is 292 g/mol. The number of methoxy groups -OCH3 is 3. The van der Waals surface area contributed by atoms with Gasteiger partial charge in [-0.15, -0.1) is 0 Å². The molecule has 3 saturated heterocycles. The van der Waals surface area contributed by atoms with Crippen LogP contribution in [0.2, 0.25) is 0 Å². The topological polar surface area (TPSA) is 80.3 Å². The molecule has 3 saturated carbocycles. The zero-order valence-corrected chi connectivity index (χ0v) is 12.9. The van der Waals surface area contributed by atoms with Crippen LogP contribution in [0.1, 0.15) is 13.3 Å². The molecule has 6 rings (SSSR count). The lowest BCUT2D eigenvalue weighted by Gasteiger charge is -2.42. The Morgan fingerprint density at radius 3 is 2.41 bits per heavy atom. The SMILES string of the molecule is COC(=O)C12C3OC45CC(C)OC(OC)C4(C31)C25C(=O)OC. The summed E-state index contributed by atoms with van der Waals surface area (Å²) in [6, 6.07) is 0. The van der Waals surface area contributed by atoms with Crippen molar-refractivity contribution in [3.63, 3.8) is 0 Å². The van der Waals surface area contributed by atoms with Gasteiger partial charge in [-0.05, 0) is 6.92 Å². The van der Waals surface area contributed by atoms with Crippen molar-refractivity contribution in [2.24, 2.45) is 22.2 Å². The molecule has 3 heterocycles. The first-order chi connectivity index (χ1) is 10.5. The molecule has 22 heavy (non-hydrogen) atoms. The van der Waals surface area contributed by atoms with Gasteiger partial charge in [-0.25, -0.2) is 0 Å². The van der Waals surface area contributed by atoms with E-state index in [-0.39, 0.29) is 24.1 Å². The third-order valence-electron chi connectivity index (χ3n) is 6.94. The molecule has 8 unspecified atom stereocenters. The molecule has 0 aromatic carbocycles. The van der Waals surface area contributed by atoms with Crippen molar-refractivity contribution in [2.75, 3.05) is 21.3 Å². The summed E-state index contributed by atoms with van der Waals surface area (Å²) in [5.74, 6) is -0.870. The van der Waals surface area contributed by atoms with E-state index < -0.39 is 34.1 Å². The molecule has 8 atom stereocenters. The van der Waals surface area contributed by atoms with E-state index in [0.717, 1.165) is 0 Å². The van der Waals surface area contributed by atoms with Gasteiger partial charge >= 0.3 is 11.9 Å². The molecule has 0 N–H and O–H groups in total. The molecule has 120 valence electrons. The number of hydrogen-bond donors (Lipinski definition) is 0. The summed E-state index contributed by atoms with van der Waals surface area (Å²) >= 11 is 0. The molecule has 7 nitrogen and oxygen atoms in total. The summed E-state index contributed by atoms with van der Waals surface area (Å²) in [7, 11) is 4.25. The van der Waals surface area contributed by atoms with Crippen LogP contribution in [-0.2, 0) is 33.3 Å². The number of carbonyl (C=O) groups excluding carboxylic acids is 2. The fourth-order valence-electron chi connectivity index (χ4n) is 6.81. The Kier molecular flexibility index (Phi) is 1.93. The van der Waals surface area contributed by atoms with Gasteiger partial charge in [0.25, 0.3) is 0 Å². The van der Waals surface area contributed by atoms with Crippen molar-refractivity contribution in [1.82, 2.24) is 0 Å². The van der Waals surface area contributed by atoms with Gasteiger partial charge in [-0.2, -0.15) is 0 Å². The lowest BCUT2D eigenvalue weighted by atomic mass is 9.63. The summed E-state index contributed by atoms with van der Waals surface area (Å²) < 4.78 is 27.8. The summed E-state index contributed by atoms with van der Waals surface area (Å²) in [5, 5.41) is 0. The summed E-state index contributed by atoms with van der Waals surface area (Å²) in [5.41, 5.74) is -3.24. The normalized spacial score (nSPS) is 61.5. The van der Waals surface area contributed by atoms with Crippen molar-refractivity contribution in [1.29, 1.82) is 0 Å². The fourth-order valence-corrected chi connectivity index (χ4v) is 6.81. The maximum Gasteiger partial charge on any atom is 0.316 e. The van der Waals surface area contributed by atoms with Crippen LogP contribution in [0.5, 0.6) is 0 Å². The smallest absolute Gasteiger partial charge is 0.316 e. The Morgan fingerprint density at radius 2 is 1.82 bits per heavy atom. The third-order valence-corrected chi connectivity index (χ3v) is 6.94. The largest absolute Gasteiger partial charge is 0.468 e. The molecule has 3 aliphatic heterocycles. The second kappa shape index (κ2) is 3.20. The van der Waals surface area contributed by atoms with Gasteiger partial charge in [0.15, 0.2) is 6.29 Å². The van der Waals surface area contributed by atoms with Crippen LogP contribution in [0, 0.1) is 22.2 Å². The molecule has 2 spiro atoms. The minimum atomic E-state index is -1.02. The maximum atomic E-state index is 12.8. The minimum absolute atomic E-state index is 0.0796. The Hall–Kier alpha value is -1.18. The van der Waals surface area contributed by atoms with Crippen LogP contribution in [0.3, 0.4) is 0 Å². The first kappa shape index (κ1) is 13.3. The Bertz CT molecular complexity index is 633. The molecule has 2 bridgehead atoms. The lowest BCUT2D eigenvalue weighted by molar-refractivity contribution is -0.252. The van der Waals surface area contributed by atoms with Crippen molar-refractivity contribution in [3.05, 3.63) is 0 Å². The molecule has 0 radical (unpaired) electrons. The zero-order chi connectivity index (χ0) is 15.7. The van der Waals surface area contributed by atoms with E-state index >= 15 is 0 Å². The second-order valence-electron chi connectivity index (χ2n) is 7.03. The fraction of sp³-hybridized carbons (Fsp3) is 0.867. The molecule has 6 aliphatic rings.